The van der Waals surface area contributed by atoms with Gasteiger partial charge in [-0.05, 0) is 24.7 Å². The van der Waals surface area contributed by atoms with E-state index in [1.807, 2.05) is 0 Å². The number of carbonyl (C=O) groups excluding carboxylic acids is 3. The van der Waals surface area contributed by atoms with Gasteiger partial charge in [0.2, 0.25) is 11.9 Å². The third kappa shape index (κ3) is 1.38. The van der Waals surface area contributed by atoms with Crippen molar-refractivity contribution < 1.29 is 48.7 Å². The molecule has 10 unspecified atom stereocenters. The van der Waals surface area contributed by atoms with Crippen LogP contribution < -0.4 is 0 Å². The highest BCUT2D eigenvalue weighted by atomic mass is 16.8. The molecule has 164 valence electrons. The molecule has 6 aliphatic rings. The maximum atomic E-state index is 13.3. The molecule has 10 heteroatoms. The lowest BCUT2D eigenvalue weighted by atomic mass is 9.51. The predicted octanol–water partition coefficient (Wildman–Crippen LogP) is -1.37. The molecule has 0 bridgehead atoms. The molecular weight excluding hydrogens is 400 g/mol. The summed E-state index contributed by atoms with van der Waals surface area (Å²) >= 11 is 0. The molecule has 30 heavy (non-hydrogen) atoms. The van der Waals surface area contributed by atoms with Gasteiger partial charge in [-0.1, -0.05) is 13.8 Å². The van der Waals surface area contributed by atoms with Crippen molar-refractivity contribution in [3.8, 4) is 0 Å². The van der Waals surface area contributed by atoms with Crippen LogP contribution in [0, 0.1) is 28.1 Å². The van der Waals surface area contributed by atoms with E-state index in [4.69, 9.17) is 18.9 Å². The van der Waals surface area contributed by atoms with Gasteiger partial charge in [-0.3, -0.25) is 4.79 Å². The van der Waals surface area contributed by atoms with Crippen molar-refractivity contribution in [2.75, 3.05) is 6.61 Å². The van der Waals surface area contributed by atoms with Gasteiger partial charge in [0.15, 0.2) is 11.7 Å². The number of ether oxygens (including phenoxy) is 4. The fourth-order valence-electron chi connectivity index (χ4n) is 8.07. The fraction of sp³-hybridized carbons (Fsp3) is 0.850. The summed E-state index contributed by atoms with van der Waals surface area (Å²) in [7, 11) is 0. The average Bonchev–Trinajstić information content (AvgIpc) is 3.39. The van der Waals surface area contributed by atoms with Crippen molar-refractivity contribution >= 4 is 17.9 Å². The zero-order valence-electron chi connectivity index (χ0n) is 16.8. The highest BCUT2D eigenvalue weighted by Crippen LogP contribution is 2.84. The first-order valence-electron chi connectivity index (χ1n) is 10.3. The van der Waals surface area contributed by atoms with E-state index >= 15 is 0 Å². The van der Waals surface area contributed by atoms with Gasteiger partial charge in [0.25, 0.3) is 0 Å². The number of fused-ring (bicyclic) bond motifs is 1. The Morgan fingerprint density at radius 3 is 2.47 bits per heavy atom. The maximum absolute atomic E-state index is 13.3. The number of hydrogen-bond donors (Lipinski definition) is 3. The van der Waals surface area contributed by atoms with Gasteiger partial charge in [0.1, 0.15) is 12.2 Å². The number of esters is 3. The van der Waals surface area contributed by atoms with Crippen LogP contribution in [0.5, 0.6) is 0 Å². The lowest BCUT2D eigenvalue weighted by molar-refractivity contribution is -0.238. The molecule has 2 spiro atoms. The SMILES string of the molecule is CC1C(=O)OC2CC34C5CC(C(C)(C)CO)C36C(OC(=O)C6O)OC4(C(=O)O5)C21O. The smallest absolute Gasteiger partial charge is 0.342 e. The van der Waals surface area contributed by atoms with Gasteiger partial charge < -0.3 is 34.3 Å². The van der Waals surface area contributed by atoms with E-state index < -0.39 is 81.8 Å². The summed E-state index contributed by atoms with van der Waals surface area (Å²) in [6.45, 7) is 4.81. The molecule has 10 atom stereocenters. The highest BCUT2D eigenvalue weighted by Gasteiger charge is 3.01. The largest absolute Gasteiger partial charge is 0.459 e. The highest BCUT2D eigenvalue weighted by molar-refractivity contribution is 5.93. The van der Waals surface area contributed by atoms with Crippen LogP contribution in [0.15, 0.2) is 0 Å². The minimum Gasteiger partial charge on any atom is -0.459 e. The molecule has 10 nitrogen and oxygen atoms in total. The van der Waals surface area contributed by atoms with E-state index in [1.54, 1.807) is 13.8 Å². The third-order valence-electron chi connectivity index (χ3n) is 9.27. The summed E-state index contributed by atoms with van der Waals surface area (Å²) in [5, 5.41) is 33.2. The molecular formula is C20H24O10. The molecule has 6 rings (SSSR count). The van der Waals surface area contributed by atoms with Crippen molar-refractivity contribution in [3.63, 3.8) is 0 Å². The number of hydrogen-bond acceptors (Lipinski definition) is 10. The Balaban J connectivity index is 1.67. The second kappa shape index (κ2) is 4.85. The minimum atomic E-state index is -2.03. The zero-order chi connectivity index (χ0) is 21.6. The normalized spacial score (nSPS) is 57.6. The Hall–Kier alpha value is -1.75. The first-order valence-corrected chi connectivity index (χ1v) is 10.3. The molecule has 0 radical (unpaired) electrons. The Bertz CT molecular complexity index is 915. The molecule has 4 saturated heterocycles. The van der Waals surface area contributed by atoms with Gasteiger partial charge in [-0.2, -0.15) is 0 Å². The van der Waals surface area contributed by atoms with Crippen LogP contribution >= 0.6 is 0 Å². The first-order chi connectivity index (χ1) is 14.0. The van der Waals surface area contributed by atoms with Gasteiger partial charge >= 0.3 is 17.9 Å². The van der Waals surface area contributed by atoms with Gasteiger partial charge in [-0.15, -0.1) is 0 Å². The summed E-state index contributed by atoms with van der Waals surface area (Å²) in [6.07, 6.45) is -4.57. The molecule has 2 saturated carbocycles. The van der Waals surface area contributed by atoms with Crippen molar-refractivity contribution in [2.45, 2.75) is 69.4 Å². The number of rotatable bonds is 2. The van der Waals surface area contributed by atoms with E-state index in [-0.39, 0.29) is 19.4 Å². The van der Waals surface area contributed by atoms with Crippen molar-refractivity contribution in [1.82, 2.24) is 0 Å². The van der Waals surface area contributed by atoms with Crippen LogP contribution in [0.4, 0.5) is 0 Å². The number of aliphatic hydroxyl groups excluding tert-OH is 2. The van der Waals surface area contributed by atoms with Crippen LogP contribution in [-0.2, 0) is 33.3 Å². The van der Waals surface area contributed by atoms with Crippen LogP contribution in [0.2, 0.25) is 0 Å². The van der Waals surface area contributed by atoms with E-state index in [0.717, 1.165) is 0 Å². The molecule has 0 aromatic rings. The average molecular weight is 424 g/mol. The minimum absolute atomic E-state index is 0.0157. The standard InChI is InChI=1S/C20H24O10/c1-7-12(23)27-10-5-17-9-4-8(16(2,3)6-21)18(17)11(22)13(24)29-15(18)30-20(17,14(25)28-9)19(7,10)26/h7-11,15,21-22,26H,4-6H2,1-3H3. The Morgan fingerprint density at radius 2 is 1.80 bits per heavy atom. The lowest BCUT2D eigenvalue weighted by Crippen LogP contribution is -2.66. The van der Waals surface area contributed by atoms with E-state index in [2.05, 4.69) is 0 Å². The predicted molar refractivity (Wildman–Crippen MR) is 92.0 cm³/mol. The van der Waals surface area contributed by atoms with E-state index in [1.165, 1.54) is 6.92 Å². The lowest BCUT2D eigenvalue weighted by Gasteiger charge is -2.47. The third-order valence-corrected chi connectivity index (χ3v) is 9.27. The fourth-order valence-corrected chi connectivity index (χ4v) is 8.07. The molecule has 2 aliphatic carbocycles. The quantitative estimate of drug-likeness (QED) is 0.358. The Labute approximate surface area is 171 Å². The zero-order valence-corrected chi connectivity index (χ0v) is 16.8. The van der Waals surface area contributed by atoms with Crippen molar-refractivity contribution in [3.05, 3.63) is 0 Å². The van der Waals surface area contributed by atoms with Gasteiger partial charge in [0, 0.05) is 13.0 Å². The second-order valence-electron chi connectivity index (χ2n) is 10.4. The van der Waals surface area contributed by atoms with Crippen LogP contribution in [-0.4, -0.2) is 75.6 Å². The molecule has 0 aromatic carbocycles. The summed E-state index contributed by atoms with van der Waals surface area (Å²) in [5.74, 6) is -3.98. The first kappa shape index (κ1) is 19.0. The van der Waals surface area contributed by atoms with Gasteiger partial charge in [0.05, 0.1) is 16.7 Å². The summed E-state index contributed by atoms with van der Waals surface area (Å²) in [4.78, 5) is 38.2. The second-order valence-corrected chi connectivity index (χ2v) is 10.4. The van der Waals surface area contributed by atoms with Crippen LogP contribution in [0.25, 0.3) is 0 Å². The summed E-state index contributed by atoms with van der Waals surface area (Å²) in [5.41, 5.74) is -7.63. The molecule has 0 amide bonds. The molecule has 4 aliphatic heterocycles. The van der Waals surface area contributed by atoms with E-state index in [0.29, 0.717) is 0 Å². The summed E-state index contributed by atoms with van der Waals surface area (Å²) < 4.78 is 22.8. The summed E-state index contributed by atoms with van der Waals surface area (Å²) in [6, 6.07) is 0. The Morgan fingerprint density at radius 1 is 1.10 bits per heavy atom. The Kier molecular flexibility index (Phi) is 3.06. The maximum Gasteiger partial charge on any atom is 0.342 e. The molecule has 4 heterocycles. The van der Waals surface area contributed by atoms with Crippen LogP contribution in [0.1, 0.15) is 33.6 Å². The van der Waals surface area contributed by atoms with Crippen LogP contribution in [0.3, 0.4) is 0 Å². The molecule has 6 fully saturated rings. The van der Waals surface area contributed by atoms with Crippen molar-refractivity contribution in [2.24, 2.45) is 28.1 Å². The molecule has 3 N–H and O–H groups in total. The van der Waals surface area contributed by atoms with E-state index in [9.17, 15) is 29.7 Å². The monoisotopic (exact) mass is 424 g/mol. The van der Waals surface area contributed by atoms with Crippen molar-refractivity contribution in [1.29, 1.82) is 0 Å². The number of aliphatic hydroxyl groups is 3. The van der Waals surface area contributed by atoms with Gasteiger partial charge in [-0.25, -0.2) is 9.59 Å². The number of carbonyl (C=O) groups is 3. The molecule has 0 aromatic heterocycles. The topological polar surface area (TPSA) is 149 Å².